The first kappa shape index (κ1) is 10.6. The molecular formula is C11H6BrN3OS. The number of carbonyl (C=O) groups is 1. The molecule has 3 aromatic rings. The van der Waals surface area contributed by atoms with Crippen molar-refractivity contribution in [3.05, 3.63) is 39.9 Å². The zero-order valence-corrected chi connectivity index (χ0v) is 10.9. The predicted octanol–water partition coefficient (Wildman–Crippen LogP) is 3.03. The summed E-state index contributed by atoms with van der Waals surface area (Å²) in [4.78, 5) is 16.5. The van der Waals surface area contributed by atoms with Crippen molar-refractivity contribution in [2.45, 2.75) is 0 Å². The lowest BCUT2D eigenvalue weighted by Gasteiger charge is -2.01. The molecule has 0 unspecified atom stereocenters. The summed E-state index contributed by atoms with van der Waals surface area (Å²) in [5, 5.41) is 4.05. The van der Waals surface area contributed by atoms with Gasteiger partial charge >= 0.3 is 0 Å². The van der Waals surface area contributed by atoms with E-state index in [0.29, 0.717) is 11.3 Å². The molecule has 0 aromatic carbocycles. The van der Waals surface area contributed by atoms with E-state index in [4.69, 9.17) is 0 Å². The molecule has 0 aliphatic carbocycles. The molecule has 17 heavy (non-hydrogen) atoms. The minimum atomic E-state index is 0.500. The zero-order chi connectivity index (χ0) is 11.8. The van der Waals surface area contributed by atoms with Crippen molar-refractivity contribution in [2.75, 3.05) is 0 Å². The van der Waals surface area contributed by atoms with Crippen molar-refractivity contribution in [3.8, 4) is 10.6 Å². The number of thiophene rings is 1. The Balaban J connectivity index is 2.26. The van der Waals surface area contributed by atoms with E-state index < -0.39 is 0 Å². The molecule has 0 saturated carbocycles. The van der Waals surface area contributed by atoms with Gasteiger partial charge in [0.05, 0.1) is 20.6 Å². The maximum Gasteiger partial charge on any atom is 0.168 e. The van der Waals surface area contributed by atoms with Gasteiger partial charge in [-0.1, -0.05) is 0 Å². The van der Waals surface area contributed by atoms with E-state index in [0.717, 1.165) is 20.6 Å². The van der Waals surface area contributed by atoms with E-state index >= 15 is 0 Å². The number of halogens is 1. The summed E-state index contributed by atoms with van der Waals surface area (Å²) in [7, 11) is 0. The van der Waals surface area contributed by atoms with Gasteiger partial charge in [-0.3, -0.25) is 4.79 Å². The third-order valence-corrected chi connectivity index (χ3v) is 3.98. The van der Waals surface area contributed by atoms with Crippen molar-refractivity contribution >= 4 is 39.2 Å². The number of nitrogens with zero attached hydrogens (tertiary/aromatic N) is 3. The number of aldehydes is 1. The lowest BCUT2D eigenvalue weighted by Crippen LogP contribution is -1.99. The van der Waals surface area contributed by atoms with Gasteiger partial charge in [0.15, 0.2) is 11.9 Å². The minimum Gasteiger partial charge on any atom is -0.296 e. The largest absolute Gasteiger partial charge is 0.296 e. The molecule has 0 aliphatic rings. The maximum absolute atomic E-state index is 11.0. The molecule has 84 valence electrons. The summed E-state index contributed by atoms with van der Waals surface area (Å²) in [6.07, 6.45) is 2.41. The van der Waals surface area contributed by atoms with E-state index in [1.165, 1.54) is 4.52 Å². The molecule has 0 bridgehead atoms. The monoisotopic (exact) mass is 307 g/mol. The molecule has 0 radical (unpaired) electrons. The van der Waals surface area contributed by atoms with Crippen LogP contribution in [-0.4, -0.2) is 20.9 Å². The lowest BCUT2D eigenvalue weighted by molar-refractivity contribution is 0.111. The molecule has 0 spiro atoms. The van der Waals surface area contributed by atoms with Gasteiger partial charge in [0.1, 0.15) is 5.69 Å². The third kappa shape index (κ3) is 1.79. The molecule has 6 heteroatoms. The Hall–Kier alpha value is -1.53. The zero-order valence-electron chi connectivity index (χ0n) is 8.50. The average molecular weight is 308 g/mol. The second-order valence-corrected chi connectivity index (χ2v) is 5.85. The van der Waals surface area contributed by atoms with Gasteiger partial charge in [-0.05, 0) is 34.1 Å². The first-order valence-corrected chi connectivity index (χ1v) is 6.44. The fourth-order valence-corrected chi connectivity index (χ4v) is 2.95. The molecule has 0 aliphatic heterocycles. The molecule has 0 atom stereocenters. The molecule has 3 heterocycles. The van der Waals surface area contributed by atoms with E-state index in [-0.39, 0.29) is 0 Å². The van der Waals surface area contributed by atoms with Gasteiger partial charge in [-0.15, -0.1) is 11.3 Å². The number of fused-ring (bicyclic) bond motifs is 1. The normalized spacial score (nSPS) is 10.9. The van der Waals surface area contributed by atoms with Gasteiger partial charge in [0, 0.05) is 6.07 Å². The summed E-state index contributed by atoms with van der Waals surface area (Å²) >= 11 is 4.99. The van der Waals surface area contributed by atoms with E-state index in [1.807, 2.05) is 12.1 Å². The molecule has 4 nitrogen and oxygen atoms in total. The Labute approximate surface area is 109 Å². The van der Waals surface area contributed by atoms with Crippen LogP contribution in [0.2, 0.25) is 0 Å². The number of hydrogen-bond donors (Lipinski definition) is 0. The summed E-state index contributed by atoms with van der Waals surface area (Å²) in [6, 6.07) is 7.45. The van der Waals surface area contributed by atoms with Crippen molar-refractivity contribution in [3.63, 3.8) is 0 Å². The topological polar surface area (TPSA) is 47.3 Å². The Morgan fingerprint density at radius 3 is 2.94 bits per heavy atom. The highest BCUT2D eigenvalue weighted by molar-refractivity contribution is 9.11. The van der Waals surface area contributed by atoms with Crippen LogP contribution in [-0.2, 0) is 0 Å². The second kappa shape index (κ2) is 4.05. The van der Waals surface area contributed by atoms with Gasteiger partial charge in [-0.25, -0.2) is 9.50 Å². The number of hydrogen-bond acceptors (Lipinski definition) is 4. The summed E-state index contributed by atoms with van der Waals surface area (Å²) in [5.74, 6) is 0. The first-order valence-electron chi connectivity index (χ1n) is 4.83. The van der Waals surface area contributed by atoms with Crippen LogP contribution in [0.5, 0.6) is 0 Å². The van der Waals surface area contributed by atoms with E-state index in [1.54, 1.807) is 29.7 Å². The van der Waals surface area contributed by atoms with Crippen molar-refractivity contribution < 1.29 is 4.79 Å². The number of carbonyl (C=O) groups excluding carboxylic acids is 1. The molecule has 0 N–H and O–H groups in total. The Morgan fingerprint density at radius 2 is 2.24 bits per heavy atom. The quantitative estimate of drug-likeness (QED) is 0.684. The number of aromatic nitrogens is 3. The second-order valence-electron chi connectivity index (χ2n) is 3.39. The highest BCUT2D eigenvalue weighted by Crippen LogP contribution is 2.30. The smallest absolute Gasteiger partial charge is 0.168 e. The van der Waals surface area contributed by atoms with Crippen LogP contribution >= 0.6 is 27.3 Å². The van der Waals surface area contributed by atoms with Crippen molar-refractivity contribution in [1.82, 2.24) is 14.6 Å². The van der Waals surface area contributed by atoms with Gasteiger partial charge in [0.2, 0.25) is 0 Å². The molecular weight excluding hydrogens is 302 g/mol. The Kier molecular flexibility index (Phi) is 2.53. The Morgan fingerprint density at radius 1 is 1.35 bits per heavy atom. The SMILES string of the molecule is O=Cc1cc(-c2ccc(Br)s2)nc2ccnn12. The molecule has 0 fully saturated rings. The maximum atomic E-state index is 11.0. The Bertz CT molecular complexity index is 704. The molecule has 3 rings (SSSR count). The predicted molar refractivity (Wildman–Crippen MR) is 69.4 cm³/mol. The molecule has 0 amide bonds. The van der Waals surface area contributed by atoms with Crippen LogP contribution in [0.3, 0.4) is 0 Å². The average Bonchev–Trinajstić information content (AvgIpc) is 2.95. The van der Waals surface area contributed by atoms with Crippen molar-refractivity contribution in [1.29, 1.82) is 0 Å². The lowest BCUT2D eigenvalue weighted by atomic mass is 10.3. The molecule has 0 saturated heterocycles. The van der Waals surface area contributed by atoms with Crippen LogP contribution in [0.15, 0.2) is 34.2 Å². The van der Waals surface area contributed by atoms with Crippen LogP contribution < -0.4 is 0 Å². The van der Waals surface area contributed by atoms with Gasteiger partial charge in [0.25, 0.3) is 0 Å². The standard InChI is InChI=1S/C11H6BrN3OS/c12-10-2-1-9(17-10)8-5-7(6-16)15-11(14-8)3-4-13-15/h1-6H. The first-order chi connectivity index (χ1) is 8.28. The highest BCUT2D eigenvalue weighted by atomic mass is 79.9. The van der Waals surface area contributed by atoms with Crippen LogP contribution in [0.1, 0.15) is 10.5 Å². The molecule has 3 aromatic heterocycles. The number of rotatable bonds is 2. The van der Waals surface area contributed by atoms with Crippen molar-refractivity contribution in [2.24, 2.45) is 0 Å². The summed E-state index contributed by atoms with van der Waals surface area (Å²) in [5.41, 5.74) is 1.96. The third-order valence-electron chi connectivity index (χ3n) is 2.33. The van der Waals surface area contributed by atoms with Gasteiger partial charge in [-0.2, -0.15) is 5.10 Å². The van der Waals surface area contributed by atoms with Crippen LogP contribution in [0.25, 0.3) is 16.2 Å². The fraction of sp³-hybridized carbons (Fsp3) is 0. The minimum absolute atomic E-state index is 0.500. The fourth-order valence-electron chi connectivity index (χ4n) is 1.60. The highest BCUT2D eigenvalue weighted by Gasteiger charge is 2.08. The summed E-state index contributed by atoms with van der Waals surface area (Å²) < 4.78 is 2.56. The van der Waals surface area contributed by atoms with Crippen LogP contribution in [0, 0.1) is 0 Å². The van der Waals surface area contributed by atoms with Gasteiger partial charge < -0.3 is 0 Å². The van der Waals surface area contributed by atoms with E-state index in [2.05, 4.69) is 26.0 Å². The van der Waals surface area contributed by atoms with Crippen LogP contribution in [0.4, 0.5) is 0 Å². The van der Waals surface area contributed by atoms with E-state index in [9.17, 15) is 4.79 Å². The summed E-state index contributed by atoms with van der Waals surface area (Å²) in [6.45, 7) is 0.